The lowest BCUT2D eigenvalue weighted by Crippen LogP contribution is -2.47. The summed E-state index contributed by atoms with van der Waals surface area (Å²) >= 11 is 12.1. The van der Waals surface area contributed by atoms with Gasteiger partial charge in [0.2, 0.25) is 0 Å². The summed E-state index contributed by atoms with van der Waals surface area (Å²) < 4.78 is 13.5. The zero-order valence-electron chi connectivity index (χ0n) is 12.0. The summed E-state index contributed by atoms with van der Waals surface area (Å²) in [5, 5.41) is 3.93. The van der Waals surface area contributed by atoms with Gasteiger partial charge in [-0.25, -0.2) is 4.39 Å². The van der Waals surface area contributed by atoms with Crippen molar-refractivity contribution < 1.29 is 4.39 Å². The minimum atomic E-state index is -0.443. The predicted octanol–water partition coefficient (Wildman–Crippen LogP) is 4.12. The number of nitrogens with one attached hydrogen (secondary N) is 1. The third kappa shape index (κ3) is 4.06. The van der Waals surface area contributed by atoms with Crippen molar-refractivity contribution in [3.63, 3.8) is 0 Å². The summed E-state index contributed by atoms with van der Waals surface area (Å²) in [6.07, 6.45) is 0. The van der Waals surface area contributed by atoms with Crippen molar-refractivity contribution >= 4 is 23.2 Å². The Hall–Kier alpha value is -0.350. The maximum atomic E-state index is 13.5. The van der Waals surface area contributed by atoms with E-state index >= 15 is 0 Å². The van der Waals surface area contributed by atoms with Crippen molar-refractivity contribution in [2.24, 2.45) is 0 Å². The Morgan fingerprint density at radius 3 is 2.42 bits per heavy atom. The lowest BCUT2D eigenvalue weighted by atomic mass is 10.0. The normalized spacial score (nSPS) is 13.9. The quantitative estimate of drug-likeness (QED) is 0.823. The number of halogens is 3. The SMILES string of the molecule is CC(NCC(C)(C)N(C)C)c1c(Cl)ccc(F)c1Cl. The van der Waals surface area contributed by atoms with E-state index < -0.39 is 5.82 Å². The third-order valence-corrected chi connectivity index (χ3v) is 4.28. The Labute approximate surface area is 124 Å². The van der Waals surface area contributed by atoms with Gasteiger partial charge in [0.15, 0.2) is 0 Å². The van der Waals surface area contributed by atoms with Gasteiger partial charge in [-0.2, -0.15) is 0 Å². The maximum absolute atomic E-state index is 13.5. The molecular formula is C14H21Cl2FN2. The van der Waals surface area contributed by atoms with E-state index in [0.717, 1.165) is 6.54 Å². The van der Waals surface area contributed by atoms with E-state index in [-0.39, 0.29) is 16.6 Å². The molecule has 0 bridgehead atoms. The highest BCUT2D eigenvalue weighted by Gasteiger charge is 2.23. The van der Waals surface area contributed by atoms with Crippen LogP contribution < -0.4 is 5.32 Å². The first kappa shape index (κ1) is 16.7. The average Bonchev–Trinajstić information content (AvgIpc) is 2.32. The molecule has 0 aromatic heterocycles. The molecule has 1 atom stereocenters. The van der Waals surface area contributed by atoms with Gasteiger partial charge in [-0.1, -0.05) is 23.2 Å². The first-order valence-corrected chi connectivity index (χ1v) is 6.96. The molecule has 1 unspecified atom stereocenters. The van der Waals surface area contributed by atoms with E-state index in [4.69, 9.17) is 23.2 Å². The highest BCUT2D eigenvalue weighted by atomic mass is 35.5. The zero-order chi connectivity index (χ0) is 14.8. The van der Waals surface area contributed by atoms with Gasteiger partial charge in [0.05, 0.1) is 5.02 Å². The summed E-state index contributed by atoms with van der Waals surface area (Å²) in [6.45, 7) is 6.92. The van der Waals surface area contributed by atoms with E-state index in [2.05, 4.69) is 24.1 Å². The van der Waals surface area contributed by atoms with Crippen LogP contribution in [0.1, 0.15) is 32.4 Å². The van der Waals surface area contributed by atoms with Crippen molar-refractivity contribution in [2.45, 2.75) is 32.4 Å². The lowest BCUT2D eigenvalue weighted by Gasteiger charge is -2.34. The van der Waals surface area contributed by atoms with Crippen LogP contribution in [0.25, 0.3) is 0 Å². The van der Waals surface area contributed by atoms with E-state index in [9.17, 15) is 4.39 Å². The molecule has 2 nitrogen and oxygen atoms in total. The number of likely N-dealkylation sites (N-methyl/N-ethyl adjacent to an activating group) is 1. The Balaban J connectivity index is 2.85. The molecule has 5 heteroatoms. The average molecular weight is 307 g/mol. The fourth-order valence-electron chi connectivity index (χ4n) is 1.60. The standard InChI is InChI=1S/C14H21Cl2FN2/c1-9(18-8-14(2,3)19(4)5)12-10(15)6-7-11(17)13(12)16/h6-7,9,18H,8H2,1-5H3. The highest BCUT2D eigenvalue weighted by Crippen LogP contribution is 2.32. The summed E-state index contributed by atoms with van der Waals surface area (Å²) in [5.74, 6) is -0.443. The molecule has 0 radical (unpaired) electrons. The molecule has 1 rings (SSSR count). The first-order valence-electron chi connectivity index (χ1n) is 6.21. The van der Waals surface area contributed by atoms with Gasteiger partial charge in [-0.05, 0) is 47.0 Å². The largest absolute Gasteiger partial charge is 0.308 e. The van der Waals surface area contributed by atoms with Gasteiger partial charge in [-0.3, -0.25) is 0 Å². The fraction of sp³-hybridized carbons (Fsp3) is 0.571. The van der Waals surface area contributed by atoms with Crippen molar-refractivity contribution in [3.8, 4) is 0 Å². The number of rotatable bonds is 5. The van der Waals surface area contributed by atoms with Crippen LogP contribution in [0.2, 0.25) is 10.0 Å². The first-order chi connectivity index (χ1) is 8.66. The molecule has 0 aliphatic carbocycles. The van der Waals surface area contributed by atoms with E-state index in [1.165, 1.54) is 12.1 Å². The van der Waals surface area contributed by atoms with E-state index in [1.54, 1.807) is 0 Å². The second-order valence-electron chi connectivity index (χ2n) is 5.57. The Bertz CT molecular complexity index is 447. The van der Waals surface area contributed by atoms with Gasteiger partial charge in [0.25, 0.3) is 0 Å². The Morgan fingerprint density at radius 1 is 1.32 bits per heavy atom. The van der Waals surface area contributed by atoms with Gasteiger partial charge in [0, 0.05) is 28.7 Å². The van der Waals surface area contributed by atoms with Crippen LogP contribution in [0.15, 0.2) is 12.1 Å². The third-order valence-electron chi connectivity index (χ3n) is 3.56. The maximum Gasteiger partial charge on any atom is 0.142 e. The van der Waals surface area contributed by atoms with Gasteiger partial charge >= 0.3 is 0 Å². The molecule has 0 spiro atoms. The molecule has 0 heterocycles. The summed E-state index contributed by atoms with van der Waals surface area (Å²) in [4.78, 5) is 2.13. The predicted molar refractivity (Wildman–Crippen MR) is 80.6 cm³/mol. The van der Waals surface area contributed by atoms with Crippen molar-refractivity contribution in [1.29, 1.82) is 0 Å². The minimum absolute atomic E-state index is 0.0134. The topological polar surface area (TPSA) is 15.3 Å². The van der Waals surface area contributed by atoms with Crippen LogP contribution in [0, 0.1) is 5.82 Å². The van der Waals surface area contributed by atoms with Crippen LogP contribution in [0.3, 0.4) is 0 Å². The van der Waals surface area contributed by atoms with Crippen LogP contribution >= 0.6 is 23.2 Å². The van der Waals surface area contributed by atoms with Crippen LogP contribution in [-0.2, 0) is 0 Å². The molecule has 0 amide bonds. The second-order valence-corrected chi connectivity index (χ2v) is 6.35. The summed E-state index contributed by atoms with van der Waals surface area (Å²) in [7, 11) is 4.04. The number of hydrogen-bond donors (Lipinski definition) is 1. The van der Waals surface area contributed by atoms with Gasteiger partial charge in [-0.15, -0.1) is 0 Å². The zero-order valence-corrected chi connectivity index (χ0v) is 13.5. The smallest absolute Gasteiger partial charge is 0.142 e. The van der Waals surface area contributed by atoms with Crippen LogP contribution in [0.4, 0.5) is 4.39 Å². The van der Waals surface area contributed by atoms with Gasteiger partial charge < -0.3 is 10.2 Å². The molecule has 0 saturated carbocycles. The fourth-order valence-corrected chi connectivity index (χ4v) is 2.30. The molecular weight excluding hydrogens is 286 g/mol. The Kier molecular flexibility index (Phi) is 5.63. The number of benzene rings is 1. The van der Waals surface area contributed by atoms with Crippen molar-refractivity contribution in [1.82, 2.24) is 10.2 Å². The van der Waals surface area contributed by atoms with Gasteiger partial charge in [0.1, 0.15) is 5.82 Å². The van der Waals surface area contributed by atoms with Crippen molar-refractivity contribution in [3.05, 3.63) is 33.6 Å². The summed E-state index contributed by atoms with van der Waals surface area (Å²) in [6, 6.07) is 2.70. The molecule has 1 aromatic carbocycles. The number of hydrogen-bond acceptors (Lipinski definition) is 2. The molecule has 0 saturated heterocycles. The van der Waals surface area contributed by atoms with E-state index in [1.807, 2.05) is 21.0 Å². The van der Waals surface area contributed by atoms with Crippen LogP contribution in [-0.4, -0.2) is 31.1 Å². The highest BCUT2D eigenvalue weighted by molar-refractivity contribution is 6.36. The molecule has 1 N–H and O–H groups in total. The molecule has 0 fully saturated rings. The monoisotopic (exact) mass is 306 g/mol. The Morgan fingerprint density at radius 2 is 1.89 bits per heavy atom. The van der Waals surface area contributed by atoms with E-state index in [0.29, 0.717) is 10.6 Å². The minimum Gasteiger partial charge on any atom is -0.308 e. The molecule has 0 aliphatic rings. The lowest BCUT2D eigenvalue weighted by molar-refractivity contribution is 0.185. The molecule has 0 aliphatic heterocycles. The number of nitrogens with zero attached hydrogens (tertiary/aromatic N) is 1. The molecule has 19 heavy (non-hydrogen) atoms. The van der Waals surface area contributed by atoms with Crippen molar-refractivity contribution in [2.75, 3.05) is 20.6 Å². The second kappa shape index (κ2) is 6.40. The summed E-state index contributed by atoms with van der Waals surface area (Å²) in [5.41, 5.74) is 0.596. The van der Waals surface area contributed by atoms with Crippen LogP contribution in [0.5, 0.6) is 0 Å². The molecule has 1 aromatic rings. The molecule has 108 valence electrons.